The summed E-state index contributed by atoms with van der Waals surface area (Å²) in [5.74, 6) is 0. The van der Waals surface area contributed by atoms with Gasteiger partial charge in [0.25, 0.3) is 6.26 Å². The van der Waals surface area contributed by atoms with Gasteiger partial charge in [-0.3, -0.25) is 0 Å². The molecule has 0 spiro atoms. The molecule has 0 aromatic rings. The van der Waals surface area contributed by atoms with Gasteiger partial charge in [-0.1, -0.05) is 6.92 Å². The van der Waals surface area contributed by atoms with Crippen molar-refractivity contribution >= 4 is 0 Å². The van der Waals surface area contributed by atoms with Crippen molar-refractivity contribution in [2.45, 2.75) is 6.92 Å². The van der Waals surface area contributed by atoms with Crippen molar-refractivity contribution in [1.82, 2.24) is 5.32 Å². The number of nitriles is 1. The summed E-state index contributed by atoms with van der Waals surface area (Å²) < 4.78 is 4.38. The summed E-state index contributed by atoms with van der Waals surface area (Å²) in [5.41, 5.74) is 0. The van der Waals surface area contributed by atoms with Crippen LogP contribution in [0.2, 0.25) is 0 Å². The second-order valence-electron chi connectivity index (χ2n) is 1.29. The molecule has 3 heteroatoms. The fourth-order valence-electron chi connectivity index (χ4n) is 0.346. The normalized spacial score (nSPS) is 8.00. The van der Waals surface area contributed by atoms with Crippen LogP contribution in [0.25, 0.3) is 0 Å². The predicted octanol–water partition coefficient (Wildman–Crippen LogP) is 0.0936. The zero-order valence-corrected chi connectivity index (χ0v) is 4.98. The van der Waals surface area contributed by atoms with E-state index in [0.29, 0.717) is 6.61 Å². The van der Waals surface area contributed by atoms with Crippen molar-refractivity contribution in [3.63, 3.8) is 0 Å². The highest BCUT2D eigenvalue weighted by molar-refractivity contribution is 4.48. The first-order valence-electron chi connectivity index (χ1n) is 2.63. The van der Waals surface area contributed by atoms with Gasteiger partial charge in [0.05, 0.1) is 0 Å². The quantitative estimate of drug-likeness (QED) is 0.416. The summed E-state index contributed by atoms with van der Waals surface area (Å²) in [7, 11) is 0. The topological polar surface area (TPSA) is 45.0 Å². The first-order chi connectivity index (χ1) is 3.91. The summed E-state index contributed by atoms with van der Waals surface area (Å²) in [6.45, 7) is 4.16. The van der Waals surface area contributed by atoms with E-state index in [0.717, 1.165) is 13.1 Å². The van der Waals surface area contributed by atoms with Crippen LogP contribution in [0.1, 0.15) is 6.92 Å². The minimum absolute atomic E-state index is 0.477. The van der Waals surface area contributed by atoms with E-state index in [9.17, 15) is 0 Å². The molecule has 0 aliphatic heterocycles. The molecule has 0 aromatic carbocycles. The third kappa shape index (κ3) is 5.25. The standard InChI is InChI=1S/C5H10N2O/c1-2-7-3-4-8-5-6/h7H,2-4H2,1H3. The van der Waals surface area contributed by atoms with Crippen LogP contribution in [0.5, 0.6) is 0 Å². The molecule has 0 amide bonds. The number of nitrogens with zero attached hydrogens (tertiary/aromatic N) is 1. The maximum Gasteiger partial charge on any atom is 0.286 e. The Bertz CT molecular complexity index is 77.0. The number of ether oxygens (including phenoxy) is 1. The van der Waals surface area contributed by atoms with E-state index in [2.05, 4.69) is 10.1 Å². The second kappa shape index (κ2) is 6.25. The molecule has 0 saturated heterocycles. The average molecular weight is 114 g/mol. The van der Waals surface area contributed by atoms with Crippen molar-refractivity contribution in [3.8, 4) is 6.26 Å². The highest BCUT2D eigenvalue weighted by Crippen LogP contribution is 1.64. The average Bonchev–Trinajstić information content (AvgIpc) is 1.81. The highest BCUT2D eigenvalue weighted by Gasteiger charge is 1.80. The summed E-state index contributed by atoms with van der Waals surface area (Å²) in [5, 5.41) is 10.9. The smallest absolute Gasteiger partial charge is 0.286 e. The van der Waals surface area contributed by atoms with Crippen molar-refractivity contribution in [1.29, 1.82) is 5.26 Å². The van der Waals surface area contributed by atoms with Gasteiger partial charge in [-0.25, -0.2) is 0 Å². The number of rotatable bonds is 4. The van der Waals surface area contributed by atoms with Gasteiger partial charge >= 0.3 is 0 Å². The molecule has 0 heterocycles. The van der Waals surface area contributed by atoms with Crippen molar-refractivity contribution < 1.29 is 4.74 Å². The molecule has 8 heavy (non-hydrogen) atoms. The Morgan fingerprint density at radius 2 is 2.50 bits per heavy atom. The van der Waals surface area contributed by atoms with Crippen LogP contribution < -0.4 is 5.32 Å². The lowest BCUT2D eigenvalue weighted by Crippen LogP contribution is -2.17. The summed E-state index contributed by atoms with van der Waals surface area (Å²) in [4.78, 5) is 0. The molecule has 1 N–H and O–H groups in total. The van der Waals surface area contributed by atoms with Crippen LogP contribution in [0.15, 0.2) is 0 Å². The summed E-state index contributed by atoms with van der Waals surface area (Å²) in [6, 6.07) is 0. The fraction of sp³-hybridized carbons (Fsp3) is 0.800. The molecule has 0 fully saturated rings. The van der Waals surface area contributed by atoms with Gasteiger partial charge < -0.3 is 10.1 Å². The summed E-state index contributed by atoms with van der Waals surface area (Å²) in [6.07, 6.45) is 1.59. The molecule has 0 rings (SSSR count). The minimum Gasteiger partial charge on any atom is -0.426 e. The molecule has 0 saturated carbocycles. The molecule has 0 aliphatic rings. The van der Waals surface area contributed by atoms with Crippen LogP contribution in [-0.2, 0) is 4.74 Å². The molecule has 0 atom stereocenters. The second-order valence-corrected chi connectivity index (χ2v) is 1.29. The molecule has 0 unspecified atom stereocenters. The fourth-order valence-corrected chi connectivity index (χ4v) is 0.346. The Hall–Kier alpha value is -0.750. The Balaban J connectivity index is 2.65. The zero-order chi connectivity index (χ0) is 6.24. The Labute approximate surface area is 49.3 Å². The van der Waals surface area contributed by atoms with E-state index >= 15 is 0 Å². The maximum atomic E-state index is 7.87. The molecule has 0 aromatic heterocycles. The van der Waals surface area contributed by atoms with Crippen LogP contribution >= 0.6 is 0 Å². The van der Waals surface area contributed by atoms with Gasteiger partial charge in [-0.15, -0.1) is 0 Å². The number of hydrogen-bond acceptors (Lipinski definition) is 3. The molecular formula is C5H10N2O. The number of hydrogen-bond donors (Lipinski definition) is 1. The van der Waals surface area contributed by atoms with E-state index in [1.165, 1.54) is 0 Å². The Morgan fingerprint density at radius 3 is 3.00 bits per heavy atom. The maximum absolute atomic E-state index is 7.87. The van der Waals surface area contributed by atoms with E-state index in [-0.39, 0.29) is 0 Å². The van der Waals surface area contributed by atoms with Gasteiger partial charge in [-0.2, -0.15) is 5.26 Å². The van der Waals surface area contributed by atoms with Crippen LogP contribution in [-0.4, -0.2) is 19.7 Å². The molecule has 46 valence electrons. The van der Waals surface area contributed by atoms with Gasteiger partial charge in [0, 0.05) is 6.54 Å². The SMILES string of the molecule is CCNCCOC#N. The molecule has 0 bridgehead atoms. The van der Waals surface area contributed by atoms with Crippen molar-refractivity contribution in [2.75, 3.05) is 19.7 Å². The molecule has 3 nitrogen and oxygen atoms in total. The Morgan fingerprint density at radius 1 is 1.75 bits per heavy atom. The molecule has 0 radical (unpaired) electrons. The monoisotopic (exact) mass is 114 g/mol. The highest BCUT2D eigenvalue weighted by atomic mass is 16.5. The summed E-state index contributed by atoms with van der Waals surface area (Å²) >= 11 is 0. The van der Waals surface area contributed by atoms with Gasteiger partial charge in [0.15, 0.2) is 0 Å². The minimum atomic E-state index is 0.477. The van der Waals surface area contributed by atoms with E-state index in [1.807, 2.05) is 6.92 Å². The van der Waals surface area contributed by atoms with E-state index < -0.39 is 0 Å². The van der Waals surface area contributed by atoms with E-state index in [4.69, 9.17) is 5.26 Å². The lowest BCUT2D eigenvalue weighted by Gasteiger charge is -1.95. The predicted molar refractivity (Wildman–Crippen MR) is 30.1 cm³/mol. The first-order valence-corrected chi connectivity index (χ1v) is 2.63. The number of nitrogens with one attached hydrogen (secondary N) is 1. The van der Waals surface area contributed by atoms with Gasteiger partial charge in [0.1, 0.15) is 6.61 Å². The number of likely N-dealkylation sites (N-methyl/N-ethyl adjacent to an activating group) is 1. The zero-order valence-electron chi connectivity index (χ0n) is 4.98. The van der Waals surface area contributed by atoms with Gasteiger partial charge in [-0.05, 0) is 6.54 Å². The largest absolute Gasteiger partial charge is 0.426 e. The third-order valence-corrected chi connectivity index (χ3v) is 0.695. The van der Waals surface area contributed by atoms with Gasteiger partial charge in [0.2, 0.25) is 0 Å². The molecular weight excluding hydrogens is 104 g/mol. The van der Waals surface area contributed by atoms with Crippen molar-refractivity contribution in [2.24, 2.45) is 0 Å². The van der Waals surface area contributed by atoms with Crippen molar-refractivity contribution in [3.05, 3.63) is 0 Å². The van der Waals surface area contributed by atoms with Crippen LogP contribution in [0, 0.1) is 11.5 Å². The lowest BCUT2D eigenvalue weighted by atomic mass is 10.6. The third-order valence-electron chi connectivity index (χ3n) is 0.695. The Kier molecular flexibility index (Phi) is 5.66. The van der Waals surface area contributed by atoms with Crippen LogP contribution in [0.4, 0.5) is 0 Å². The molecule has 0 aliphatic carbocycles. The first kappa shape index (κ1) is 7.25. The lowest BCUT2D eigenvalue weighted by molar-refractivity contribution is 0.270. The van der Waals surface area contributed by atoms with Crippen LogP contribution in [0.3, 0.4) is 0 Å². The van der Waals surface area contributed by atoms with E-state index in [1.54, 1.807) is 6.26 Å².